The van der Waals surface area contributed by atoms with Crippen LogP contribution in [0.15, 0.2) is 65.6 Å². The maximum atomic E-state index is 13.4. The largest absolute Gasteiger partial charge is 0.355 e. The Morgan fingerprint density at radius 1 is 1.16 bits per heavy atom. The lowest BCUT2D eigenvalue weighted by Crippen LogP contribution is -2.23. The highest BCUT2D eigenvalue weighted by molar-refractivity contribution is 5.97. The van der Waals surface area contributed by atoms with E-state index in [0.29, 0.717) is 24.2 Å². The maximum absolute atomic E-state index is 13.4. The van der Waals surface area contributed by atoms with Crippen LogP contribution >= 0.6 is 0 Å². The van der Waals surface area contributed by atoms with Crippen molar-refractivity contribution in [2.75, 3.05) is 11.9 Å². The van der Waals surface area contributed by atoms with Crippen LogP contribution in [0.2, 0.25) is 0 Å². The molecule has 4 aromatic rings. The summed E-state index contributed by atoms with van der Waals surface area (Å²) in [5.41, 5.74) is 3.31. The van der Waals surface area contributed by atoms with Gasteiger partial charge in [-0.2, -0.15) is 0 Å². The molecule has 31 heavy (non-hydrogen) atoms. The smallest absolute Gasteiger partial charge is 0.326 e. The summed E-state index contributed by atoms with van der Waals surface area (Å²) in [6.07, 6.45) is 1.70. The third-order valence-corrected chi connectivity index (χ3v) is 5.13. The number of benzene rings is 2. The lowest BCUT2D eigenvalue weighted by molar-refractivity contribution is 0.0951. The van der Waals surface area contributed by atoms with Gasteiger partial charge in [-0.05, 0) is 47.5 Å². The van der Waals surface area contributed by atoms with Crippen molar-refractivity contribution in [2.24, 2.45) is 7.05 Å². The van der Waals surface area contributed by atoms with Crippen LogP contribution in [-0.4, -0.2) is 27.5 Å². The van der Waals surface area contributed by atoms with Crippen LogP contribution in [-0.2, 0) is 20.1 Å². The summed E-state index contributed by atoms with van der Waals surface area (Å²) in [6.45, 7) is 0.855. The Morgan fingerprint density at radius 2 is 2.00 bits per heavy atom. The number of rotatable bonds is 6. The molecule has 1 amide bonds. The highest BCUT2D eigenvalue weighted by Crippen LogP contribution is 2.15. The molecule has 0 spiro atoms. The van der Waals surface area contributed by atoms with Gasteiger partial charge in [-0.1, -0.05) is 18.2 Å². The van der Waals surface area contributed by atoms with Crippen molar-refractivity contribution in [3.8, 4) is 0 Å². The molecule has 0 saturated carbocycles. The Hall–Kier alpha value is -3.94. The zero-order valence-corrected chi connectivity index (χ0v) is 17.2. The monoisotopic (exact) mass is 419 g/mol. The average Bonchev–Trinajstić information content (AvgIpc) is 3.05. The predicted molar refractivity (Wildman–Crippen MR) is 117 cm³/mol. The van der Waals surface area contributed by atoms with Crippen LogP contribution in [0.5, 0.6) is 0 Å². The van der Waals surface area contributed by atoms with E-state index in [2.05, 4.69) is 15.3 Å². The first-order valence-electron chi connectivity index (χ1n) is 9.78. The van der Waals surface area contributed by atoms with Gasteiger partial charge in [-0.3, -0.25) is 9.36 Å². The van der Waals surface area contributed by atoms with Crippen LogP contribution in [0.1, 0.15) is 21.5 Å². The lowest BCUT2D eigenvalue weighted by atomic mass is 10.2. The van der Waals surface area contributed by atoms with Gasteiger partial charge in [0.15, 0.2) is 0 Å². The number of fused-ring (bicyclic) bond motifs is 1. The number of halogens is 1. The summed E-state index contributed by atoms with van der Waals surface area (Å²) in [5.74, 6) is 0.249. The average molecular weight is 419 g/mol. The number of pyridine rings is 1. The van der Waals surface area contributed by atoms with E-state index in [1.54, 1.807) is 37.5 Å². The summed E-state index contributed by atoms with van der Waals surface area (Å²) >= 11 is 0. The molecule has 0 aliphatic heterocycles. The molecule has 8 heteroatoms. The highest BCUT2D eigenvalue weighted by Gasteiger charge is 2.10. The zero-order chi connectivity index (χ0) is 22.0. The summed E-state index contributed by atoms with van der Waals surface area (Å²) in [4.78, 5) is 33.3. The number of nitrogens with zero attached hydrogens (tertiary/aromatic N) is 3. The Morgan fingerprint density at radius 3 is 2.74 bits per heavy atom. The number of hydrogen-bond acceptors (Lipinski definition) is 4. The van der Waals surface area contributed by atoms with Gasteiger partial charge in [0.05, 0.1) is 11.0 Å². The van der Waals surface area contributed by atoms with E-state index < -0.39 is 0 Å². The van der Waals surface area contributed by atoms with Crippen LogP contribution in [0.3, 0.4) is 0 Å². The van der Waals surface area contributed by atoms with Crippen molar-refractivity contribution in [3.63, 3.8) is 0 Å². The summed E-state index contributed by atoms with van der Waals surface area (Å²) in [6, 6.07) is 15.3. The number of aryl methyl sites for hydroxylation is 1. The first kappa shape index (κ1) is 20.3. The van der Waals surface area contributed by atoms with E-state index in [1.807, 2.05) is 30.1 Å². The quantitative estimate of drug-likeness (QED) is 0.503. The van der Waals surface area contributed by atoms with Crippen LogP contribution in [0.25, 0.3) is 11.0 Å². The molecular weight excluding hydrogens is 397 g/mol. The van der Waals surface area contributed by atoms with E-state index in [-0.39, 0.29) is 17.4 Å². The fraction of sp³-hybridized carbons (Fsp3) is 0.174. The van der Waals surface area contributed by atoms with E-state index in [4.69, 9.17) is 0 Å². The fourth-order valence-corrected chi connectivity index (χ4v) is 3.40. The molecule has 0 saturated heterocycles. The molecule has 7 nitrogen and oxygen atoms in total. The molecule has 0 aliphatic rings. The van der Waals surface area contributed by atoms with E-state index in [0.717, 1.165) is 22.5 Å². The first-order valence-corrected chi connectivity index (χ1v) is 9.78. The van der Waals surface area contributed by atoms with Gasteiger partial charge < -0.3 is 15.2 Å². The number of carbonyl (C=O) groups is 1. The number of hydrogen-bond donors (Lipinski definition) is 2. The number of carbonyl (C=O) groups excluding carboxylic acids is 1. The van der Waals surface area contributed by atoms with Gasteiger partial charge >= 0.3 is 5.69 Å². The van der Waals surface area contributed by atoms with Gasteiger partial charge in [0, 0.05) is 38.9 Å². The molecule has 0 fully saturated rings. The Labute approximate surface area is 178 Å². The van der Waals surface area contributed by atoms with Crippen molar-refractivity contribution in [1.82, 2.24) is 19.9 Å². The minimum atomic E-state index is -0.261. The summed E-state index contributed by atoms with van der Waals surface area (Å²) in [7, 11) is 3.56. The third kappa shape index (κ3) is 4.48. The number of nitrogens with one attached hydrogen (secondary N) is 2. The fourth-order valence-electron chi connectivity index (χ4n) is 3.40. The minimum absolute atomic E-state index is 0.221. The van der Waals surface area contributed by atoms with Crippen LogP contribution < -0.4 is 15.9 Å². The van der Waals surface area contributed by atoms with Gasteiger partial charge in [0.25, 0.3) is 5.91 Å². The van der Waals surface area contributed by atoms with Crippen LogP contribution in [0.4, 0.5) is 10.2 Å². The van der Waals surface area contributed by atoms with Crippen molar-refractivity contribution < 1.29 is 9.18 Å². The van der Waals surface area contributed by atoms with E-state index in [1.165, 1.54) is 16.7 Å². The Balaban J connectivity index is 1.37. The van der Waals surface area contributed by atoms with Crippen molar-refractivity contribution in [3.05, 3.63) is 93.8 Å². The number of aromatic amines is 1. The summed E-state index contributed by atoms with van der Waals surface area (Å²) in [5, 5.41) is 2.86. The molecule has 2 N–H and O–H groups in total. The number of H-pyrrole nitrogens is 1. The lowest BCUT2D eigenvalue weighted by Gasteiger charge is -2.18. The van der Waals surface area contributed by atoms with E-state index >= 15 is 0 Å². The molecule has 2 aromatic carbocycles. The molecule has 158 valence electrons. The number of aromatic nitrogens is 3. The second-order valence-electron chi connectivity index (χ2n) is 7.41. The van der Waals surface area contributed by atoms with Crippen molar-refractivity contribution in [1.29, 1.82) is 0 Å². The molecule has 0 aliphatic carbocycles. The minimum Gasteiger partial charge on any atom is -0.355 e. The third-order valence-electron chi connectivity index (χ3n) is 5.13. The molecule has 0 atom stereocenters. The van der Waals surface area contributed by atoms with Gasteiger partial charge in [-0.15, -0.1) is 0 Å². The number of anilines is 1. The maximum Gasteiger partial charge on any atom is 0.326 e. The highest BCUT2D eigenvalue weighted by atomic mass is 19.1. The molecular formula is C23H22FN5O2. The second-order valence-corrected chi connectivity index (χ2v) is 7.41. The van der Waals surface area contributed by atoms with Gasteiger partial charge in [-0.25, -0.2) is 14.2 Å². The Bertz CT molecular complexity index is 1290. The van der Waals surface area contributed by atoms with E-state index in [9.17, 15) is 14.0 Å². The molecule has 0 unspecified atom stereocenters. The molecule has 2 aromatic heterocycles. The second kappa shape index (κ2) is 8.43. The number of amides is 1. The van der Waals surface area contributed by atoms with Crippen molar-refractivity contribution >= 4 is 22.8 Å². The molecule has 0 bridgehead atoms. The molecule has 4 rings (SSSR count). The summed E-state index contributed by atoms with van der Waals surface area (Å²) < 4.78 is 14.9. The van der Waals surface area contributed by atoms with Gasteiger partial charge in [0.2, 0.25) is 0 Å². The van der Waals surface area contributed by atoms with Gasteiger partial charge in [0.1, 0.15) is 11.6 Å². The SMILES string of the molecule is CN(Cc1cccc(F)c1)c1ccc(CNC(=O)c2ccc3c(c2)[nH]c(=O)n3C)cn1. The Kier molecular flexibility index (Phi) is 5.53. The standard InChI is InChI=1S/C23H22FN5O2/c1-28(14-15-4-3-5-18(24)10-15)21-9-6-16(12-25-21)13-26-22(30)17-7-8-20-19(11-17)27-23(31)29(20)2/h3-12H,13-14H2,1-2H3,(H,26,30)(H,27,31). The van der Waals surface area contributed by atoms with Crippen molar-refractivity contribution in [2.45, 2.75) is 13.1 Å². The molecule has 0 radical (unpaired) electrons. The topological polar surface area (TPSA) is 83.0 Å². The predicted octanol–water partition coefficient (Wildman–Crippen LogP) is 2.97. The number of imidazole rings is 1. The van der Waals surface area contributed by atoms with Crippen LogP contribution in [0, 0.1) is 5.82 Å². The normalized spacial score (nSPS) is 10.9. The first-order chi connectivity index (χ1) is 14.9. The molecule has 2 heterocycles. The zero-order valence-electron chi connectivity index (χ0n) is 17.2.